The molecule has 0 radical (unpaired) electrons. The van der Waals surface area contributed by atoms with Gasteiger partial charge in [0, 0.05) is 16.0 Å². The SMILES string of the molecule is Cc1ccc(-c2c(C)sc(N)c2C(=O)[O-])cc1. The van der Waals surface area contributed by atoms with Crippen LogP contribution in [0.4, 0.5) is 5.00 Å². The molecule has 2 rings (SSSR count). The average molecular weight is 246 g/mol. The summed E-state index contributed by atoms with van der Waals surface area (Å²) in [6, 6.07) is 7.69. The molecule has 1 heterocycles. The van der Waals surface area contributed by atoms with Gasteiger partial charge in [-0.3, -0.25) is 0 Å². The van der Waals surface area contributed by atoms with Gasteiger partial charge >= 0.3 is 0 Å². The van der Waals surface area contributed by atoms with Crippen LogP contribution in [0.2, 0.25) is 0 Å². The quantitative estimate of drug-likeness (QED) is 0.881. The van der Waals surface area contributed by atoms with Crippen molar-refractivity contribution in [1.29, 1.82) is 0 Å². The molecule has 0 saturated heterocycles. The summed E-state index contributed by atoms with van der Waals surface area (Å²) >= 11 is 1.28. The van der Waals surface area contributed by atoms with Crippen LogP contribution in [0.15, 0.2) is 24.3 Å². The predicted molar refractivity (Wildman–Crippen MR) is 68.0 cm³/mol. The van der Waals surface area contributed by atoms with E-state index in [1.807, 2.05) is 38.1 Å². The maximum absolute atomic E-state index is 11.1. The number of carbonyl (C=O) groups excluding carboxylic acids is 1. The molecule has 4 heteroatoms. The van der Waals surface area contributed by atoms with Gasteiger partial charge in [0.1, 0.15) is 0 Å². The van der Waals surface area contributed by atoms with Crippen molar-refractivity contribution in [1.82, 2.24) is 0 Å². The Labute approximate surface area is 104 Å². The van der Waals surface area contributed by atoms with Crippen molar-refractivity contribution in [2.45, 2.75) is 13.8 Å². The van der Waals surface area contributed by atoms with Crippen LogP contribution in [-0.4, -0.2) is 5.97 Å². The van der Waals surface area contributed by atoms with E-state index in [4.69, 9.17) is 5.73 Å². The number of hydrogen-bond donors (Lipinski definition) is 1. The van der Waals surface area contributed by atoms with Gasteiger partial charge in [-0.15, -0.1) is 11.3 Å². The molecule has 88 valence electrons. The Morgan fingerprint density at radius 1 is 1.24 bits per heavy atom. The number of aromatic carboxylic acids is 1. The van der Waals surface area contributed by atoms with Crippen LogP contribution in [0, 0.1) is 13.8 Å². The van der Waals surface area contributed by atoms with Crippen molar-refractivity contribution < 1.29 is 9.90 Å². The highest BCUT2D eigenvalue weighted by Gasteiger charge is 2.16. The number of aryl methyl sites for hydroxylation is 2. The van der Waals surface area contributed by atoms with Crippen molar-refractivity contribution in [3.63, 3.8) is 0 Å². The van der Waals surface area contributed by atoms with Gasteiger partial charge in [0.15, 0.2) is 0 Å². The lowest BCUT2D eigenvalue weighted by Gasteiger charge is -2.08. The largest absolute Gasteiger partial charge is 0.545 e. The summed E-state index contributed by atoms with van der Waals surface area (Å²) in [7, 11) is 0. The molecule has 0 aliphatic heterocycles. The molecule has 3 nitrogen and oxygen atoms in total. The first kappa shape index (κ1) is 11.7. The van der Waals surface area contributed by atoms with Crippen molar-refractivity contribution in [2.24, 2.45) is 0 Å². The normalized spacial score (nSPS) is 10.5. The third-order valence-electron chi connectivity index (χ3n) is 2.66. The fraction of sp³-hybridized carbons (Fsp3) is 0.154. The smallest absolute Gasteiger partial charge is 0.0957 e. The predicted octanol–water partition coefficient (Wildman–Crippen LogP) is 1.98. The van der Waals surface area contributed by atoms with E-state index in [-0.39, 0.29) is 5.56 Å². The highest BCUT2D eigenvalue weighted by atomic mass is 32.1. The number of carboxylic acids is 1. The number of rotatable bonds is 2. The number of anilines is 1. The van der Waals surface area contributed by atoms with Gasteiger partial charge in [-0.1, -0.05) is 29.8 Å². The monoisotopic (exact) mass is 246 g/mol. The van der Waals surface area contributed by atoms with E-state index >= 15 is 0 Å². The average Bonchev–Trinajstić information content (AvgIpc) is 2.55. The van der Waals surface area contributed by atoms with Gasteiger partial charge in [0.25, 0.3) is 0 Å². The highest BCUT2D eigenvalue weighted by Crippen LogP contribution is 2.37. The minimum atomic E-state index is -1.22. The second-order valence-electron chi connectivity index (χ2n) is 3.93. The van der Waals surface area contributed by atoms with Crippen LogP contribution in [0.1, 0.15) is 20.8 Å². The summed E-state index contributed by atoms with van der Waals surface area (Å²) < 4.78 is 0. The third-order valence-corrected chi connectivity index (χ3v) is 3.59. The molecule has 2 N–H and O–H groups in total. The number of nitrogens with two attached hydrogens (primary N) is 1. The van der Waals surface area contributed by atoms with E-state index in [0.717, 1.165) is 16.0 Å². The van der Waals surface area contributed by atoms with E-state index in [1.165, 1.54) is 11.3 Å². The molecule has 0 aliphatic rings. The fourth-order valence-electron chi connectivity index (χ4n) is 1.84. The van der Waals surface area contributed by atoms with E-state index in [1.54, 1.807) is 0 Å². The number of carbonyl (C=O) groups is 1. The first-order valence-corrected chi connectivity index (χ1v) is 5.99. The molecule has 0 saturated carbocycles. The highest BCUT2D eigenvalue weighted by molar-refractivity contribution is 7.16. The maximum Gasteiger partial charge on any atom is 0.0957 e. The molecule has 0 unspecified atom stereocenters. The Morgan fingerprint density at radius 2 is 1.82 bits per heavy atom. The Morgan fingerprint density at radius 3 is 2.35 bits per heavy atom. The summed E-state index contributed by atoms with van der Waals surface area (Å²) in [6.45, 7) is 3.85. The summed E-state index contributed by atoms with van der Waals surface area (Å²) in [4.78, 5) is 12.0. The Bertz CT molecular complexity index is 570. The number of hydrogen-bond acceptors (Lipinski definition) is 4. The van der Waals surface area contributed by atoms with Gasteiger partial charge < -0.3 is 15.6 Å². The molecular weight excluding hydrogens is 234 g/mol. The summed E-state index contributed by atoms with van der Waals surface area (Å²) in [5.41, 5.74) is 8.48. The Kier molecular flexibility index (Phi) is 2.90. The lowest BCUT2D eigenvalue weighted by Crippen LogP contribution is -2.23. The molecular formula is C13H12NO2S-. The van der Waals surface area contributed by atoms with E-state index < -0.39 is 5.97 Å². The molecule has 0 bridgehead atoms. The van der Waals surface area contributed by atoms with Gasteiger partial charge in [-0.2, -0.15) is 0 Å². The lowest BCUT2D eigenvalue weighted by atomic mass is 10.0. The van der Waals surface area contributed by atoms with E-state index in [0.29, 0.717) is 10.6 Å². The zero-order chi connectivity index (χ0) is 12.6. The maximum atomic E-state index is 11.1. The van der Waals surface area contributed by atoms with Gasteiger partial charge in [0.2, 0.25) is 0 Å². The Balaban J connectivity index is 2.66. The summed E-state index contributed by atoms with van der Waals surface area (Å²) in [5, 5.41) is 11.4. The molecule has 17 heavy (non-hydrogen) atoms. The van der Waals surface area contributed by atoms with Gasteiger partial charge in [0.05, 0.1) is 11.0 Å². The second-order valence-corrected chi connectivity index (χ2v) is 5.18. The van der Waals surface area contributed by atoms with Crippen molar-refractivity contribution in [2.75, 3.05) is 5.73 Å². The van der Waals surface area contributed by atoms with E-state index in [2.05, 4.69) is 0 Å². The number of carboxylic acid groups (broad SMARTS) is 1. The van der Waals surface area contributed by atoms with Crippen molar-refractivity contribution >= 4 is 22.3 Å². The second kappa shape index (κ2) is 4.22. The van der Waals surface area contributed by atoms with Crippen molar-refractivity contribution in [3.05, 3.63) is 40.3 Å². The van der Waals surface area contributed by atoms with Crippen molar-refractivity contribution in [3.8, 4) is 11.1 Å². The Hall–Kier alpha value is -1.81. The van der Waals surface area contributed by atoms with Crippen LogP contribution in [0.5, 0.6) is 0 Å². The van der Waals surface area contributed by atoms with E-state index in [9.17, 15) is 9.90 Å². The topological polar surface area (TPSA) is 66.2 Å². The number of nitrogen functional groups attached to an aromatic ring is 1. The first-order valence-electron chi connectivity index (χ1n) is 5.18. The number of benzene rings is 1. The summed E-state index contributed by atoms with van der Waals surface area (Å²) in [5.74, 6) is -1.22. The van der Waals surface area contributed by atoms with Crippen LogP contribution in [0.3, 0.4) is 0 Å². The minimum Gasteiger partial charge on any atom is -0.545 e. The molecule has 0 fully saturated rings. The van der Waals surface area contributed by atoms with Crippen LogP contribution < -0.4 is 10.8 Å². The molecule has 1 aromatic heterocycles. The van der Waals surface area contributed by atoms with Crippen LogP contribution >= 0.6 is 11.3 Å². The minimum absolute atomic E-state index is 0.108. The third kappa shape index (κ3) is 2.03. The van der Waals surface area contributed by atoms with Gasteiger partial charge in [-0.05, 0) is 19.4 Å². The standard InChI is InChI=1S/C13H13NO2S/c1-7-3-5-9(6-4-7)10-8(2)17-12(14)11(10)13(15)16/h3-6H,14H2,1-2H3,(H,15,16)/p-1. The molecule has 2 aromatic rings. The molecule has 0 spiro atoms. The lowest BCUT2D eigenvalue weighted by molar-refractivity contribution is -0.254. The first-order chi connectivity index (χ1) is 8.00. The van der Waals surface area contributed by atoms with Crippen LogP contribution in [-0.2, 0) is 0 Å². The summed E-state index contributed by atoms with van der Waals surface area (Å²) in [6.07, 6.45) is 0. The zero-order valence-corrected chi connectivity index (χ0v) is 10.4. The zero-order valence-electron chi connectivity index (χ0n) is 9.61. The van der Waals surface area contributed by atoms with Gasteiger partial charge in [-0.25, -0.2) is 0 Å². The fourth-order valence-corrected chi connectivity index (χ4v) is 2.78. The molecule has 1 aromatic carbocycles. The molecule has 0 aliphatic carbocycles. The molecule has 0 amide bonds. The van der Waals surface area contributed by atoms with Crippen LogP contribution in [0.25, 0.3) is 11.1 Å². The number of thiophene rings is 1. The molecule has 0 atom stereocenters.